The Kier molecular flexibility index (Phi) is 5.05. The Morgan fingerprint density at radius 2 is 1.96 bits per heavy atom. The highest BCUT2D eigenvalue weighted by molar-refractivity contribution is 7.92. The van der Waals surface area contributed by atoms with Crippen molar-refractivity contribution < 1.29 is 17.7 Å². The van der Waals surface area contributed by atoms with E-state index >= 15 is 0 Å². The number of hydrogen-bond acceptors (Lipinski definition) is 5. The van der Waals surface area contributed by atoms with Gasteiger partial charge in [-0.25, -0.2) is 12.7 Å². The molecule has 0 saturated carbocycles. The second kappa shape index (κ2) is 6.82. The molecule has 0 aliphatic rings. The van der Waals surface area contributed by atoms with Crippen molar-refractivity contribution in [2.24, 2.45) is 0 Å². The van der Waals surface area contributed by atoms with E-state index in [9.17, 15) is 13.2 Å². The average Bonchev–Trinajstić information content (AvgIpc) is 2.90. The SMILES string of the molecule is CCc1ccc(NC(=O)CN(c2cc(C)on2)S(C)(=O)=O)cc1. The normalized spacial score (nSPS) is 11.3. The third kappa shape index (κ3) is 4.56. The maximum atomic E-state index is 12.1. The van der Waals surface area contributed by atoms with E-state index in [1.807, 2.05) is 19.1 Å². The van der Waals surface area contributed by atoms with E-state index in [2.05, 4.69) is 10.5 Å². The molecule has 1 N–H and O–H groups in total. The van der Waals surface area contributed by atoms with Crippen LogP contribution >= 0.6 is 0 Å². The Morgan fingerprint density at radius 1 is 1.30 bits per heavy atom. The van der Waals surface area contributed by atoms with Gasteiger partial charge in [0.2, 0.25) is 15.9 Å². The zero-order valence-corrected chi connectivity index (χ0v) is 14.1. The summed E-state index contributed by atoms with van der Waals surface area (Å²) >= 11 is 0. The highest BCUT2D eigenvalue weighted by atomic mass is 32.2. The van der Waals surface area contributed by atoms with Crippen molar-refractivity contribution in [3.63, 3.8) is 0 Å². The maximum absolute atomic E-state index is 12.1. The number of hydrogen-bond donors (Lipinski definition) is 1. The Labute approximate surface area is 135 Å². The number of nitrogens with zero attached hydrogens (tertiary/aromatic N) is 2. The van der Waals surface area contributed by atoms with Crippen LogP contribution in [0.25, 0.3) is 0 Å². The van der Waals surface area contributed by atoms with Crippen LogP contribution in [0.5, 0.6) is 0 Å². The van der Waals surface area contributed by atoms with E-state index < -0.39 is 15.9 Å². The first-order valence-corrected chi connectivity index (χ1v) is 8.94. The molecule has 1 heterocycles. The predicted molar refractivity (Wildman–Crippen MR) is 87.9 cm³/mol. The van der Waals surface area contributed by atoms with Crippen LogP contribution in [0.15, 0.2) is 34.9 Å². The third-order valence-corrected chi connectivity index (χ3v) is 4.32. The summed E-state index contributed by atoms with van der Waals surface area (Å²) in [5, 5.41) is 6.33. The fraction of sp³-hybridized carbons (Fsp3) is 0.333. The summed E-state index contributed by atoms with van der Waals surface area (Å²) in [4.78, 5) is 12.1. The number of rotatable bonds is 6. The quantitative estimate of drug-likeness (QED) is 0.870. The summed E-state index contributed by atoms with van der Waals surface area (Å²) < 4.78 is 29.5. The van der Waals surface area contributed by atoms with E-state index in [0.29, 0.717) is 11.4 Å². The van der Waals surface area contributed by atoms with E-state index in [-0.39, 0.29) is 12.4 Å². The lowest BCUT2D eigenvalue weighted by Gasteiger charge is -2.18. The van der Waals surface area contributed by atoms with Gasteiger partial charge in [-0.05, 0) is 31.0 Å². The van der Waals surface area contributed by atoms with Gasteiger partial charge in [0, 0.05) is 11.8 Å². The third-order valence-electron chi connectivity index (χ3n) is 3.20. The standard InChI is InChI=1S/C15H19N3O4S/c1-4-12-5-7-13(8-6-12)16-15(19)10-18(23(3,20)21)14-9-11(2)22-17-14/h5-9H,4,10H2,1-3H3,(H,16,19). The molecule has 0 unspecified atom stereocenters. The lowest BCUT2D eigenvalue weighted by atomic mass is 10.1. The number of sulfonamides is 1. The van der Waals surface area contributed by atoms with Crippen molar-refractivity contribution in [3.05, 3.63) is 41.7 Å². The molecule has 0 fully saturated rings. The predicted octanol–water partition coefficient (Wildman–Crippen LogP) is 1.95. The molecular weight excluding hydrogens is 318 g/mol. The van der Waals surface area contributed by atoms with E-state index in [1.165, 1.54) is 6.07 Å². The molecule has 0 bridgehead atoms. The minimum absolute atomic E-state index is 0.0847. The molecule has 1 aromatic carbocycles. The van der Waals surface area contributed by atoms with Crippen molar-refractivity contribution in [2.45, 2.75) is 20.3 Å². The Morgan fingerprint density at radius 3 is 2.43 bits per heavy atom. The topological polar surface area (TPSA) is 92.5 Å². The van der Waals surface area contributed by atoms with Crippen molar-refractivity contribution in [1.82, 2.24) is 5.16 Å². The molecule has 0 aliphatic carbocycles. The molecule has 7 nitrogen and oxygen atoms in total. The van der Waals surface area contributed by atoms with Crippen LogP contribution in [0.2, 0.25) is 0 Å². The number of carbonyl (C=O) groups is 1. The maximum Gasteiger partial charge on any atom is 0.245 e. The van der Waals surface area contributed by atoms with Gasteiger partial charge in [-0.1, -0.05) is 24.2 Å². The Bertz CT molecular complexity index is 781. The van der Waals surface area contributed by atoms with Gasteiger partial charge in [0.05, 0.1) is 6.26 Å². The highest BCUT2D eigenvalue weighted by Gasteiger charge is 2.23. The van der Waals surface area contributed by atoms with Crippen LogP contribution in [-0.2, 0) is 21.2 Å². The average molecular weight is 337 g/mol. The Balaban J connectivity index is 2.11. The Hall–Kier alpha value is -2.35. The van der Waals surface area contributed by atoms with Gasteiger partial charge in [-0.2, -0.15) is 0 Å². The van der Waals surface area contributed by atoms with Gasteiger partial charge in [0.25, 0.3) is 0 Å². The van der Waals surface area contributed by atoms with Crippen LogP contribution in [0.4, 0.5) is 11.5 Å². The molecular formula is C15H19N3O4S. The first kappa shape index (κ1) is 17.0. The molecule has 1 aromatic heterocycles. The van der Waals surface area contributed by atoms with Gasteiger partial charge in [-0.3, -0.25) is 4.79 Å². The molecule has 124 valence electrons. The van der Waals surface area contributed by atoms with E-state index in [4.69, 9.17) is 4.52 Å². The fourth-order valence-corrected chi connectivity index (χ4v) is 2.77. The van der Waals surface area contributed by atoms with Gasteiger partial charge in [-0.15, -0.1) is 0 Å². The molecule has 0 saturated heterocycles. The summed E-state index contributed by atoms with van der Waals surface area (Å²) in [6.45, 7) is 3.31. The second-order valence-corrected chi connectivity index (χ2v) is 7.07. The number of anilines is 2. The van der Waals surface area contributed by atoms with Crippen LogP contribution in [0, 0.1) is 6.92 Å². The summed E-state index contributed by atoms with van der Waals surface area (Å²) in [5.41, 5.74) is 1.76. The van der Waals surface area contributed by atoms with Gasteiger partial charge in [0.15, 0.2) is 5.82 Å². The molecule has 2 rings (SSSR count). The lowest BCUT2D eigenvalue weighted by Crippen LogP contribution is -2.37. The largest absolute Gasteiger partial charge is 0.360 e. The zero-order valence-electron chi connectivity index (χ0n) is 13.2. The number of aryl methyl sites for hydroxylation is 2. The highest BCUT2D eigenvalue weighted by Crippen LogP contribution is 2.17. The smallest absolute Gasteiger partial charge is 0.245 e. The molecule has 0 atom stereocenters. The minimum atomic E-state index is -3.65. The molecule has 8 heteroatoms. The first-order chi connectivity index (χ1) is 10.8. The number of carbonyl (C=O) groups excluding carboxylic acids is 1. The van der Waals surface area contributed by atoms with Gasteiger partial charge < -0.3 is 9.84 Å². The number of benzene rings is 1. The number of amides is 1. The van der Waals surface area contributed by atoms with Gasteiger partial charge >= 0.3 is 0 Å². The molecule has 0 aliphatic heterocycles. The zero-order chi connectivity index (χ0) is 17.0. The van der Waals surface area contributed by atoms with Crippen molar-refractivity contribution in [2.75, 3.05) is 22.4 Å². The van der Waals surface area contributed by atoms with Crippen molar-refractivity contribution in [3.8, 4) is 0 Å². The lowest BCUT2D eigenvalue weighted by molar-refractivity contribution is -0.114. The number of nitrogens with one attached hydrogen (secondary N) is 1. The summed E-state index contributed by atoms with van der Waals surface area (Å²) in [7, 11) is -3.65. The van der Waals surface area contributed by atoms with Crippen LogP contribution in [0.3, 0.4) is 0 Å². The second-order valence-electron chi connectivity index (χ2n) is 5.16. The fourth-order valence-electron chi connectivity index (χ4n) is 1.99. The summed E-state index contributed by atoms with van der Waals surface area (Å²) in [5.74, 6) is 0.0889. The van der Waals surface area contributed by atoms with Gasteiger partial charge in [0.1, 0.15) is 12.3 Å². The monoisotopic (exact) mass is 337 g/mol. The van der Waals surface area contributed by atoms with Crippen LogP contribution < -0.4 is 9.62 Å². The number of aromatic nitrogens is 1. The van der Waals surface area contributed by atoms with E-state index in [0.717, 1.165) is 22.5 Å². The molecule has 23 heavy (non-hydrogen) atoms. The molecule has 2 aromatic rings. The minimum Gasteiger partial charge on any atom is -0.360 e. The van der Waals surface area contributed by atoms with Crippen molar-refractivity contribution in [1.29, 1.82) is 0 Å². The van der Waals surface area contributed by atoms with E-state index in [1.54, 1.807) is 19.1 Å². The molecule has 1 amide bonds. The van der Waals surface area contributed by atoms with Crippen LogP contribution in [-0.4, -0.2) is 32.3 Å². The molecule has 0 spiro atoms. The molecule has 0 radical (unpaired) electrons. The first-order valence-electron chi connectivity index (χ1n) is 7.09. The van der Waals surface area contributed by atoms with Crippen LogP contribution in [0.1, 0.15) is 18.2 Å². The van der Waals surface area contributed by atoms with Crippen molar-refractivity contribution >= 4 is 27.4 Å². The summed E-state index contributed by atoms with van der Waals surface area (Å²) in [6.07, 6.45) is 1.92. The summed E-state index contributed by atoms with van der Waals surface area (Å²) in [6, 6.07) is 8.84.